The number of Topliss-reactive ketones (excluding diaryl/α,β-unsaturated/α-hetero) is 1. The van der Waals surface area contributed by atoms with E-state index in [0.717, 1.165) is 32.0 Å². The maximum Gasteiger partial charge on any atom is 0.249 e. The molecule has 3 nitrogen and oxygen atoms in total. The lowest BCUT2D eigenvalue weighted by atomic mass is 9.95. The van der Waals surface area contributed by atoms with Crippen LogP contribution < -0.4 is 5.73 Å². The van der Waals surface area contributed by atoms with Gasteiger partial charge in [-0.15, -0.1) is 11.3 Å². The van der Waals surface area contributed by atoms with E-state index < -0.39 is 5.91 Å². The third-order valence-corrected chi connectivity index (χ3v) is 6.17. The Bertz CT molecular complexity index is 1100. The number of ketones is 1. The Kier molecular flexibility index (Phi) is 4.28. The van der Waals surface area contributed by atoms with Crippen LogP contribution in [-0.2, 0) is 6.42 Å². The minimum absolute atomic E-state index is 0.0625. The number of hydrogen-bond donors (Lipinski definition) is 1. The van der Waals surface area contributed by atoms with Gasteiger partial charge in [-0.2, -0.15) is 0 Å². The molecule has 0 radical (unpaired) electrons. The molecule has 27 heavy (non-hydrogen) atoms. The normalized spacial score (nSPS) is 12.6. The van der Waals surface area contributed by atoms with E-state index >= 15 is 0 Å². The van der Waals surface area contributed by atoms with Crippen molar-refractivity contribution in [3.8, 4) is 10.4 Å². The molecule has 0 atom stereocenters. The molecule has 0 unspecified atom stereocenters. The molecule has 2 aromatic carbocycles. The summed E-state index contributed by atoms with van der Waals surface area (Å²) >= 11 is 1.48. The first-order valence-corrected chi connectivity index (χ1v) is 9.60. The SMILES string of the molecule is CC(=O)c1ccc(-c2ccc(C(N)=O)c3c2C=C(c2ccc(C)cc2)C3)s1. The molecule has 0 fully saturated rings. The second-order valence-corrected chi connectivity index (χ2v) is 7.93. The Morgan fingerprint density at radius 2 is 1.74 bits per heavy atom. The summed E-state index contributed by atoms with van der Waals surface area (Å²) < 4.78 is 0. The summed E-state index contributed by atoms with van der Waals surface area (Å²) in [5.41, 5.74) is 12.7. The maximum atomic E-state index is 11.9. The molecular formula is C23H19NO2S. The molecule has 3 aromatic rings. The molecule has 1 aliphatic rings. The van der Waals surface area contributed by atoms with Crippen molar-refractivity contribution in [2.24, 2.45) is 5.73 Å². The maximum absolute atomic E-state index is 11.9. The van der Waals surface area contributed by atoms with Crippen LogP contribution in [-0.4, -0.2) is 11.7 Å². The Morgan fingerprint density at radius 3 is 2.37 bits per heavy atom. The third-order valence-electron chi connectivity index (χ3n) is 4.95. The summed E-state index contributed by atoms with van der Waals surface area (Å²) in [6, 6.07) is 16.0. The van der Waals surface area contributed by atoms with E-state index in [1.807, 2.05) is 18.2 Å². The number of allylic oxidation sites excluding steroid dienone is 1. The molecule has 1 amide bonds. The molecule has 0 bridgehead atoms. The standard InChI is InChI=1S/C23H19NO2S/c1-13-3-5-15(6-4-13)16-11-19-17(22-10-9-21(27-22)14(2)25)7-8-18(23(24)26)20(19)12-16/h3-11H,12H2,1-2H3,(H2,24,26). The number of hydrogen-bond acceptors (Lipinski definition) is 3. The predicted octanol–water partition coefficient (Wildman–Crippen LogP) is 5.12. The van der Waals surface area contributed by atoms with Crippen LogP contribution in [0.5, 0.6) is 0 Å². The molecule has 4 heteroatoms. The van der Waals surface area contributed by atoms with Crippen molar-refractivity contribution in [3.05, 3.63) is 81.2 Å². The first-order valence-electron chi connectivity index (χ1n) is 8.78. The van der Waals surface area contributed by atoms with Gasteiger partial charge in [-0.25, -0.2) is 0 Å². The lowest BCUT2D eigenvalue weighted by Gasteiger charge is -2.10. The second kappa shape index (κ2) is 6.63. The smallest absolute Gasteiger partial charge is 0.249 e. The molecule has 0 saturated heterocycles. The minimum atomic E-state index is -0.410. The zero-order valence-corrected chi connectivity index (χ0v) is 16.0. The largest absolute Gasteiger partial charge is 0.366 e. The van der Waals surface area contributed by atoms with E-state index in [-0.39, 0.29) is 5.78 Å². The van der Waals surface area contributed by atoms with Crippen molar-refractivity contribution < 1.29 is 9.59 Å². The van der Waals surface area contributed by atoms with E-state index in [4.69, 9.17) is 5.73 Å². The van der Waals surface area contributed by atoms with Crippen LogP contribution in [0, 0.1) is 6.92 Å². The highest BCUT2D eigenvalue weighted by molar-refractivity contribution is 7.17. The minimum Gasteiger partial charge on any atom is -0.366 e. The Hall–Kier alpha value is -2.98. The number of amides is 1. The molecule has 0 aliphatic heterocycles. The second-order valence-electron chi connectivity index (χ2n) is 6.85. The van der Waals surface area contributed by atoms with E-state index in [1.165, 1.54) is 22.5 Å². The number of primary amides is 1. The van der Waals surface area contributed by atoms with Crippen LogP contribution in [0.15, 0.2) is 48.5 Å². The van der Waals surface area contributed by atoms with Crippen molar-refractivity contribution in [2.75, 3.05) is 0 Å². The van der Waals surface area contributed by atoms with Gasteiger partial charge in [0.2, 0.25) is 5.91 Å². The third kappa shape index (κ3) is 3.13. The fraction of sp³-hybridized carbons (Fsp3) is 0.130. The Morgan fingerprint density at radius 1 is 1.00 bits per heavy atom. The lowest BCUT2D eigenvalue weighted by molar-refractivity contribution is 0.0996. The van der Waals surface area contributed by atoms with Gasteiger partial charge in [0.25, 0.3) is 0 Å². The fourth-order valence-electron chi connectivity index (χ4n) is 3.51. The van der Waals surface area contributed by atoms with Crippen LogP contribution >= 0.6 is 11.3 Å². The molecule has 1 heterocycles. The highest BCUT2D eigenvalue weighted by atomic mass is 32.1. The number of thiophene rings is 1. The van der Waals surface area contributed by atoms with E-state index in [9.17, 15) is 9.59 Å². The number of rotatable bonds is 4. The molecular weight excluding hydrogens is 354 g/mol. The summed E-state index contributed by atoms with van der Waals surface area (Å²) in [7, 11) is 0. The topological polar surface area (TPSA) is 60.2 Å². The molecule has 134 valence electrons. The van der Waals surface area contributed by atoms with Gasteiger partial charge >= 0.3 is 0 Å². The number of nitrogens with two attached hydrogens (primary N) is 1. The van der Waals surface area contributed by atoms with Gasteiger partial charge in [0, 0.05) is 10.4 Å². The number of fused-ring (bicyclic) bond motifs is 1. The van der Waals surface area contributed by atoms with Crippen molar-refractivity contribution in [1.29, 1.82) is 0 Å². The Balaban J connectivity index is 1.85. The summed E-state index contributed by atoms with van der Waals surface area (Å²) in [5.74, 6) is -0.348. The average molecular weight is 373 g/mol. The van der Waals surface area contributed by atoms with E-state index in [0.29, 0.717) is 12.0 Å². The average Bonchev–Trinajstić information content (AvgIpc) is 3.29. The zero-order valence-electron chi connectivity index (χ0n) is 15.2. The molecule has 4 rings (SSSR count). The lowest BCUT2D eigenvalue weighted by Crippen LogP contribution is -2.14. The van der Waals surface area contributed by atoms with Crippen LogP contribution in [0.4, 0.5) is 0 Å². The highest BCUT2D eigenvalue weighted by Crippen LogP contribution is 2.41. The van der Waals surface area contributed by atoms with Gasteiger partial charge < -0.3 is 5.73 Å². The molecule has 1 aromatic heterocycles. The number of carbonyl (C=O) groups excluding carboxylic acids is 2. The quantitative estimate of drug-likeness (QED) is 0.645. The molecule has 0 spiro atoms. The first-order chi connectivity index (χ1) is 12.9. The van der Waals surface area contributed by atoms with E-state index in [2.05, 4.69) is 37.3 Å². The van der Waals surface area contributed by atoms with Crippen molar-refractivity contribution in [3.63, 3.8) is 0 Å². The van der Waals surface area contributed by atoms with Crippen molar-refractivity contribution in [2.45, 2.75) is 20.3 Å². The monoisotopic (exact) mass is 373 g/mol. The summed E-state index contributed by atoms with van der Waals surface area (Å²) in [6.45, 7) is 3.64. The molecule has 2 N–H and O–H groups in total. The fourth-order valence-corrected chi connectivity index (χ4v) is 4.45. The van der Waals surface area contributed by atoms with Gasteiger partial charge in [-0.3, -0.25) is 9.59 Å². The number of carbonyl (C=O) groups is 2. The molecule has 1 aliphatic carbocycles. The van der Waals surface area contributed by atoms with Crippen molar-refractivity contribution >= 4 is 34.7 Å². The van der Waals surface area contributed by atoms with Crippen LogP contribution in [0.2, 0.25) is 0 Å². The first kappa shape index (κ1) is 17.4. The van der Waals surface area contributed by atoms with Gasteiger partial charge in [0.1, 0.15) is 0 Å². The highest BCUT2D eigenvalue weighted by Gasteiger charge is 2.23. The summed E-state index contributed by atoms with van der Waals surface area (Å²) in [4.78, 5) is 25.4. The van der Waals surface area contributed by atoms with Crippen LogP contribution in [0.1, 0.15) is 49.2 Å². The predicted molar refractivity (Wildman–Crippen MR) is 111 cm³/mol. The van der Waals surface area contributed by atoms with Gasteiger partial charge in [0.15, 0.2) is 5.78 Å². The number of benzene rings is 2. The summed E-state index contributed by atoms with van der Waals surface area (Å²) in [6.07, 6.45) is 2.82. The van der Waals surface area contributed by atoms with Crippen LogP contribution in [0.25, 0.3) is 22.1 Å². The van der Waals surface area contributed by atoms with E-state index in [1.54, 1.807) is 13.0 Å². The Labute approximate surface area is 162 Å². The van der Waals surface area contributed by atoms with Crippen LogP contribution in [0.3, 0.4) is 0 Å². The van der Waals surface area contributed by atoms with Gasteiger partial charge in [-0.05, 0) is 72.4 Å². The summed E-state index contributed by atoms with van der Waals surface area (Å²) in [5, 5.41) is 0. The van der Waals surface area contributed by atoms with Gasteiger partial charge in [0.05, 0.1) is 4.88 Å². The number of aryl methyl sites for hydroxylation is 1. The zero-order chi connectivity index (χ0) is 19.1. The molecule has 0 saturated carbocycles. The van der Waals surface area contributed by atoms with Crippen molar-refractivity contribution in [1.82, 2.24) is 0 Å². The van der Waals surface area contributed by atoms with Gasteiger partial charge in [-0.1, -0.05) is 35.9 Å².